The summed E-state index contributed by atoms with van der Waals surface area (Å²) in [5.41, 5.74) is 3.30. The second-order valence-corrected chi connectivity index (χ2v) is 21.5. The lowest BCUT2D eigenvalue weighted by molar-refractivity contribution is -0.114. The molecule has 3 atom stereocenters. The molecule has 22 heteroatoms. The van der Waals surface area contributed by atoms with Gasteiger partial charge in [0.05, 0.1) is 17.1 Å². The van der Waals surface area contributed by atoms with E-state index in [-0.39, 0.29) is 65.7 Å². The van der Waals surface area contributed by atoms with E-state index in [0.717, 1.165) is 16.2 Å². The summed E-state index contributed by atoms with van der Waals surface area (Å²) in [6.45, 7) is 2.29. The van der Waals surface area contributed by atoms with Gasteiger partial charge in [0.25, 0.3) is 11.8 Å². The molecule has 6 aromatic rings. The fourth-order valence-electron chi connectivity index (χ4n) is 8.24. The molecule has 1 unspecified atom stereocenters. The Hall–Kier alpha value is -5.36. The quantitative estimate of drug-likeness (QED) is 0.0263. The zero-order chi connectivity index (χ0) is 49.0. The normalized spacial score (nSPS) is 16.3. The summed E-state index contributed by atoms with van der Waals surface area (Å²) in [6, 6.07) is 27.1. The number of pyridine rings is 1. The van der Waals surface area contributed by atoms with Crippen molar-refractivity contribution in [3.05, 3.63) is 138 Å². The van der Waals surface area contributed by atoms with E-state index in [1.807, 2.05) is 25.1 Å². The van der Waals surface area contributed by atoms with Gasteiger partial charge < -0.3 is 23.6 Å². The number of alkyl halides is 2. The minimum atomic E-state index is -4.99. The third-order valence-electron chi connectivity index (χ3n) is 11.1. The van der Waals surface area contributed by atoms with E-state index < -0.39 is 33.6 Å². The molecule has 0 radical (unpaired) electrons. The van der Waals surface area contributed by atoms with Gasteiger partial charge in [0.1, 0.15) is 23.1 Å². The van der Waals surface area contributed by atoms with Crippen LogP contribution in [0.1, 0.15) is 41.0 Å². The van der Waals surface area contributed by atoms with Crippen molar-refractivity contribution in [2.75, 3.05) is 46.6 Å². The number of phosphoric ester groups is 2. The molecule has 3 amide bonds. The summed E-state index contributed by atoms with van der Waals surface area (Å²) >= 11 is 12.8. The van der Waals surface area contributed by atoms with Gasteiger partial charge in [-0.2, -0.15) is 0 Å². The first-order chi connectivity index (χ1) is 33.0. The minimum absolute atomic E-state index is 0.0450. The number of nitrogens with one attached hydrogen (secondary N) is 1. The molecule has 0 saturated carbocycles. The molecular weight excluding hydrogens is 1010 g/mol. The van der Waals surface area contributed by atoms with Crippen molar-refractivity contribution in [2.24, 2.45) is 0 Å². The van der Waals surface area contributed by atoms with Crippen LogP contribution in [-0.4, -0.2) is 79.2 Å². The standard InChI is InChI=1S/C47H42Cl2N4O12P2S2/c1-28(68-69-42-12-6-7-19-50-42)27-63-47(56)51-37-20-29(14-17-43(54)52-25-31(23-48)45-35-10-4-2-8-33(35)40(21-38(45)52)64-66(57,58)59)13-15-30(37)16-18-44(55)53-26-32(24-49)46-36-11-5-3-9-34(36)41(22-39(46)53)65-67(60,61)62/h2-22,28,31-32H,23-27H2,1H3,(H,51,56)(H2,57,58,59)(H2,60,61,62)/t28?,31-,32-/m1/s1. The maximum absolute atomic E-state index is 14.1. The highest BCUT2D eigenvalue weighted by Gasteiger charge is 2.36. The van der Waals surface area contributed by atoms with Crippen LogP contribution in [0.5, 0.6) is 11.5 Å². The first kappa shape index (κ1) is 50.0. The largest absolute Gasteiger partial charge is 0.524 e. The fourth-order valence-corrected chi connectivity index (χ4v) is 11.4. The topological polar surface area (TPSA) is 225 Å². The number of benzene rings is 5. The summed E-state index contributed by atoms with van der Waals surface area (Å²) in [6.07, 6.45) is 6.54. The van der Waals surface area contributed by atoms with Gasteiger partial charge in [-0.25, -0.2) is 18.9 Å². The molecular formula is C47H42Cl2N4O12P2S2. The number of rotatable bonds is 16. The molecule has 5 aromatic carbocycles. The van der Waals surface area contributed by atoms with Crippen molar-refractivity contribution in [1.82, 2.24) is 4.98 Å². The van der Waals surface area contributed by atoms with Gasteiger partial charge in [0.2, 0.25) is 0 Å². The van der Waals surface area contributed by atoms with Crippen LogP contribution in [-0.2, 0) is 23.5 Å². The third-order valence-corrected chi connectivity index (χ3v) is 15.5. The van der Waals surface area contributed by atoms with E-state index in [0.29, 0.717) is 44.0 Å². The van der Waals surface area contributed by atoms with E-state index in [4.69, 9.17) is 37.0 Å². The summed E-state index contributed by atoms with van der Waals surface area (Å²) in [4.78, 5) is 87.5. The van der Waals surface area contributed by atoms with Crippen molar-refractivity contribution < 1.29 is 56.9 Å². The molecule has 0 spiro atoms. The number of amides is 3. The second kappa shape index (κ2) is 21.3. The number of hydrogen-bond donors (Lipinski definition) is 5. The summed E-state index contributed by atoms with van der Waals surface area (Å²) in [7, 11) is -7.04. The minimum Gasteiger partial charge on any atom is -0.448 e. The Morgan fingerprint density at radius 2 is 1.28 bits per heavy atom. The molecule has 69 heavy (non-hydrogen) atoms. The van der Waals surface area contributed by atoms with E-state index in [1.54, 1.807) is 72.9 Å². The number of fused-ring (bicyclic) bond motifs is 6. The van der Waals surface area contributed by atoms with E-state index in [2.05, 4.69) is 10.3 Å². The average Bonchev–Trinajstić information content (AvgIpc) is 3.90. The SMILES string of the molecule is CC(COC(=O)Nc1cc(C=CC(=O)N2C[C@@H](CCl)c3c2cc(OP(=O)(O)O)c2ccccc32)ccc1C=CC(=O)N1C[C@@H](CCl)c2c1cc(OP(=O)(O)O)c1ccccc21)SSc1ccccn1. The highest BCUT2D eigenvalue weighted by atomic mass is 35.5. The lowest BCUT2D eigenvalue weighted by Crippen LogP contribution is -2.28. The molecule has 2 aliphatic heterocycles. The number of carbonyl (C=O) groups excluding carboxylic acids is 3. The molecule has 0 bridgehead atoms. The van der Waals surface area contributed by atoms with Gasteiger partial charge in [-0.15, -0.1) is 23.2 Å². The highest BCUT2D eigenvalue weighted by molar-refractivity contribution is 8.76. The number of nitrogens with zero attached hydrogens (tertiary/aromatic N) is 3. The Morgan fingerprint density at radius 3 is 1.78 bits per heavy atom. The molecule has 0 saturated heterocycles. The molecule has 1 aromatic heterocycles. The number of halogens is 2. The lowest BCUT2D eigenvalue weighted by Gasteiger charge is -2.18. The van der Waals surface area contributed by atoms with E-state index >= 15 is 0 Å². The number of hydrogen-bond acceptors (Lipinski definition) is 11. The van der Waals surface area contributed by atoms with Crippen LogP contribution in [0, 0.1) is 0 Å². The van der Waals surface area contributed by atoms with E-state index in [9.17, 15) is 43.1 Å². The van der Waals surface area contributed by atoms with Crippen LogP contribution < -0.4 is 24.2 Å². The molecule has 3 heterocycles. The summed E-state index contributed by atoms with van der Waals surface area (Å²) in [5, 5.41) is 5.59. The number of ether oxygens (including phenoxy) is 1. The third kappa shape index (κ3) is 11.8. The van der Waals surface area contributed by atoms with Gasteiger partial charge >= 0.3 is 21.7 Å². The van der Waals surface area contributed by atoms with Crippen LogP contribution in [0.3, 0.4) is 0 Å². The van der Waals surface area contributed by atoms with Crippen LogP contribution >= 0.6 is 60.4 Å². The van der Waals surface area contributed by atoms with Crippen LogP contribution in [0.2, 0.25) is 0 Å². The maximum atomic E-state index is 14.1. The molecule has 358 valence electrons. The first-order valence-corrected chi connectivity index (χ1v) is 27.4. The van der Waals surface area contributed by atoms with Crippen molar-refractivity contribution in [2.45, 2.75) is 29.0 Å². The molecule has 8 rings (SSSR count). The lowest BCUT2D eigenvalue weighted by atomic mass is 9.95. The van der Waals surface area contributed by atoms with E-state index in [1.165, 1.54) is 67.8 Å². The Balaban J connectivity index is 1.07. The van der Waals surface area contributed by atoms with Crippen molar-refractivity contribution in [3.8, 4) is 11.5 Å². The smallest absolute Gasteiger partial charge is 0.448 e. The molecule has 0 fully saturated rings. The predicted molar refractivity (Wildman–Crippen MR) is 271 cm³/mol. The number of carbonyl (C=O) groups is 3. The number of anilines is 3. The zero-order valence-electron chi connectivity index (χ0n) is 36.3. The maximum Gasteiger partial charge on any atom is 0.524 e. The zero-order valence-corrected chi connectivity index (χ0v) is 41.2. The van der Waals surface area contributed by atoms with Crippen molar-refractivity contribution in [1.29, 1.82) is 0 Å². The van der Waals surface area contributed by atoms with Crippen molar-refractivity contribution in [3.63, 3.8) is 0 Å². The number of phosphoric acid groups is 2. The number of aromatic nitrogens is 1. The van der Waals surface area contributed by atoms with Crippen LogP contribution in [0.4, 0.5) is 21.9 Å². The fraction of sp³-hybridized carbons (Fsp3) is 0.191. The van der Waals surface area contributed by atoms with Gasteiger partial charge in [0, 0.05) is 83.2 Å². The monoisotopic (exact) mass is 1050 g/mol. The Kier molecular flexibility index (Phi) is 15.5. The Labute approximate surface area is 413 Å². The molecule has 5 N–H and O–H groups in total. The highest BCUT2D eigenvalue weighted by Crippen LogP contribution is 2.51. The Bertz CT molecular complexity index is 3120. The molecule has 2 aliphatic rings. The summed E-state index contributed by atoms with van der Waals surface area (Å²) in [5.74, 6) is -1.48. The van der Waals surface area contributed by atoms with Crippen LogP contribution in [0.15, 0.2) is 120 Å². The first-order valence-electron chi connectivity index (χ1n) is 21.0. The second-order valence-electron chi connectivity index (χ2n) is 15.9. The summed E-state index contributed by atoms with van der Waals surface area (Å²) < 4.78 is 39.7. The molecule has 16 nitrogen and oxygen atoms in total. The van der Waals surface area contributed by atoms with Gasteiger partial charge in [-0.1, -0.05) is 77.5 Å². The average molecular weight is 1050 g/mol. The van der Waals surface area contributed by atoms with Crippen LogP contribution in [0.25, 0.3) is 33.7 Å². The molecule has 0 aliphatic carbocycles. The Morgan fingerprint density at radius 1 is 0.754 bits per heavy atom. The van der Waals surface area contributed by atoms with Crippen molar-refractivity contribution >= 4 is 129 Å². The van der Waals surface area contributed by atoms with Gasteiger partial charge in [-0.05, 0) is 81.1 Å². The van der Waals surface area contributed by atoms with Gasteiger partial charge in [0.15, 0.2) is 0 Å². The predicted octanol–water partition coefficient (Wildman–Crippen LogP) is 10.5. The van der Waals surface area contributed by atoms with Gasteiger partial charge in [-0.3, -0.25) is 34.5 Å².